The first-order valence-electron chi connectivity index (χ1n) is 6.77. The molecule has 0 radical (unpaired) electrons. The van der Waals surface area contributed by atoms with Crippen LogP contribution in [0.1, 0.15) is 22.4 Å². The maximum Gasteiger partial charge on any atom is 0.268 e. The number of aryl methyl sites for hydroxylation is 1. The Kier molecular flexibility index (Phi) is 5.35. The van der Waals surface area contributed by atoms with Crippen molar-refractivity contribution in [3.05, 3.63) is 67.4 Å². The quantitative estimate of drug-likeness (QED) is 0.861. The lowest BCUT2D eigenvalue weighted by Gasteiger charge is -2.07. The fourth-order valence-electron chi connectivity index (χ4n) is 1.88. The molecule has 0 fully saturated rings. The van der Waals surface area contributed by atoms with E-state index in [0.717, 1.165) is 5.41 Å². The molecule has 1 aromatic heterocycles. The van der Waals surface area contributed by atoms with Crippen LogP contribution in [0.5, 0.6) is 0 Å². The number of rotatable bonds is 5. The summed E-state index contributed by atoms with van der Waals surface area (Å²) in [5, 5.41) is 7.63. The Morgan fingerprint density at radius 3 is 2.70 bits per heavy atom. The van der Waals surface area contributed by atoms with Crippen molar-refractivity contribution in [3.63, 3.8) is 0 Å². The van der Waals surface area contributed by atoms with Crippen LogP contribution < -0.4 is 10.3 Å². The summed E-state index contributed by atoms with van der Waals surface area (Å²) in [4.78, 5) is 11.7. The molecule has 0 aliphatic rings. The van der Waals surface area contributed by atoms with Crippen LogP contribution in [0.4, 0.5) is 0 Å². The van der Waals surface area contributed by atoms with Crippen molar-refractivity contribution in [2.45, 2.75) is 20.4 Å². The average Bonchev–Trinajstić information content (AvgIpc) is 2.50. The topological polar surface area (TPSA) is 91.9 Å². The van der Waals surface area contributed by atoms with Gasteiger partial charge in [-0.3, -0.25) is 4.79 Å². The number of hydrogen-bond acceptors (Lipinski definition) is 4. The van der Waals surface area contributed by atoms with Crippen molar-refractivity contribution in [2.24, 2.45) is 0 Å². The van der Waals surface area contributed by atoms with Gasteiger partial charge in [0, 0.05) is 22.5 Å². The van der Waals surface area contributed by atoms with Gasteiger partial charge in [0.2, 0.25) is 10.0 Å². The molecule has 0 saturated carbocycles. The fourth-order valence-corrected chi connectivity index (χ4v) is 2.85. The summed E-state index contributed by atoms with van der Waals surface area (Å²) in [6, 6.07) is 6.89. The van der Waals surface area contributed by atoms with Crippen LogP contribution in [0, 0.1) is 13.8 Å². The second kappa shape index (κ2) is 7.08. The smallest absolute Gasteiger partial charge is 0.268 e. The lowest BCUT2D eigenvalue weighted by Crippen LogP contribution is -2.27. The Labute approximate surface area is 139 Å². The van der Waals surface area contributed by atoms with E-state index in [2.05, 4.69) is 14.9 Å². The molecule has 23 heavy (non-hydrogen) atoms. The third-order valence-corrected chi connectivity index (χ3v) is 4.76. The molecule has 0 aliphatic carbocycles. The fraction of sp³-hybridized carbons (Fsp3) is 0.200. The molecule has 1 aromatic carbocycles. The van der Waals surface area contributed by atoms with E-state index < -0.39 is 15.6 Å². The molecular weight excluding hydrogens is 338 g/mol. The highest BCUT2D eigenvalue weighted by Gasteiger charge is 2.11. The number of halogens is 1. The van der Waals surface area contributed by atoms with Gasteiger partial charge >= 0.3 is 0 Å². The summed E-state index contributed by atoms with van der Waals surface area (Å²) in [5.41, 5.74) is 1.82. The summed E-state index contributed by atoms with van der Waals surface area (Å²) < 4.78 is 26.4. The SMILES string of the molecule is Cc1n[nH]c(=O)c(CNS(=O)(=O)/C=C/c2ccccc2Cl)c1C. The lowest BCUT2D eigenvalue weighted by atomic mass is 10.1. The second-order valence-corrected chi connectivity index (χ2v) is 6.99. The van der Waals surface area contributed by atoms with Gasteiger partial charge in [0.15, 0.2) is 0 Å². The van der Waals surface area contributed by atoms with Gasteiger partial charge in [-0.15, -0.1) is 0 Å². The van der Waals surface area contributed by atoms with Gasteiger partial charge in [0.05, 0.1) is 5.69 Å². The van der Waals surface area contributed by atoms with Crippen molar-refractivity contribution in [3.8, 4) is 0 Å². The van der Waals surface area contributed by atoms with E-state index in [1.54, 1.807) is 38.1 Å². The van der Waals surface area contributed by atoms with Crippen LogP contribution in [0.2, 0.25) is 5.02 Å². The van der Waals surface area contributed by atoms with Gasteiger partial charge in [0.25, 0.3) is 5.56 Å². The molecule has 1 heterocycles. The molecule has 0 saturated heterocycles. The lowest BCUT2D eigenvalue weighted by molar-refractivity contribution is 0.590. The van der Waals surface area contributed by atoms with E-state index in [9.17, 15) is 13.2 Å². The highest BCUT2D eigenvalue weighted by atomic mass is 35.5. The summed E-state index contributed by atoms with van der Waals surface area (Å²) >= 11 is 5.97. The van der Waals surface area contributed by atoms with Crippen LogP contribution in [0.3, 0.4) is 0 Å². The van der Waals surface area contributed by atoms with Gasteiger partial charge in [-0.25, -0.2) is 18.2 Å². The van der Waals surface area contributed by atoms with Crippen molar-refractivity contribution >= 4 is 27.7 Å². The van der Waals surface area contributed by atoms with Gasteiger partial charge in [-0.05, 0) is 37.1 Å². The Morgan fingerprint density at radius 1 is 1.30 bits per heavy atom. The Hall–Kier alpha value is -1.96. The molecule has 0 aliphatic heterocycles. The molecule has 0 amide bonds. The predicted octanol–water partition coefficient (Wildman–Crippen LogP) is 2.13. The second-order valence-electron chi connectivity index (χ2n) is 4.93. The van der Waals surface area contributed by atoms with Crippen molar-refractivity contribution < 1.29 is 8.42 Å². The van der Waals surface area contributed by atoms with Crippen LogP contribution in [0.15, 0.2) is 34.5 Å². The number of aromatic amines is 1. The van der Waals surface area contributed by atoms with Crippen LogP contribution in [-0.4, -0.2) is 18.6 Å². The minimum atomic E-state index is -3.70. The van der Waals surface area contributed by atoms with E-state index >= 15 is 0 Å². The summed E-state index contributed by atoms with van der Waals surface area (Å²) in [6.45, 7) is 3.35. The molecule has 0 unspecified atom stereocenters. The summed E-state index contributed by atoms with van der Waals surface area (Å²) in [5.74, 6) is 0. The standard InChI is InChI=1S/C15H16ClN3O3S/c1-10-11(2)18-19-15(20)13(10)9-17-23(21,22)8-7-12-5-3-4-6-14(12)16/h3-8,17H,9H2,1-2H3,(H,19,20)/b8-7+. The zero-order valence-corrected chi connectivity index (χ0v) is 14.2. The van der Waals surface area contributed by atoms with Gasteiger partial charge in [-0.1, -0.05) is 29.8 Å². The number of nitrogens with zero attached hydrogens (tertiary/aromatic N) is 1. The van der Waals surface area contributed by atoms with E-state index in [0.29, 0.717) is 27.4 Å². The summed E-state index contributed by atoms with van der Waals surface area (Å²) in [6.07, 6.45) is 1.40. The van der Waals surface area contributed by atoms with E-state index in [-0.39, 0.29) is 6.54 Å². The maximum atomic E-state index is 12.0. The van der Waals surface area contributed by atoms with E-state index in [4.69, 9.17) is 11.6 Å². The third kappa shape index (κ3) is 4.51. The van der Waals surface area contributed by atoms with E-state index in [1.165, 1.54) is 6.08 Å². The molecule has 122 valence electrons. The minimum Gasteiger partial charge on any atom is -0.268 e. The van der Waals surface area contributed by atoms with E-state index in [1.807, 2.05) is 0 Å². The van der Waals surface area contributed by atoms with Crippen molar-refractivity contribution in [1.29, 1.82) is 0 Å². The van der Waals surface area contributed by atoms with Crippen molar-refractivity contribution in [2.75, 3.05) is 0 Å². The zero-order chi connectivity index (χ0) is 17.0. The first kappa shape index (κ1) is 17.4. The molecule has 0 atom stereocenters. The predicted molar refractivity (Wildman–Crippen MR) is 90.6 cm³/mol. The number of H-pyrrole nitrogens is 1. The average molecular weight is 354 g/mol. The highest BCUT2D eigenvalue weighted by Crippen LogP contribution is 2.16. The first-order chi connectivity index (χ1) is 10.8. The van der Waals surface area contributed by atoms with Gasteiger partial charge < -0.3 is 0 Å². The molecular formula is C15H16ClN3O3S. The summed E-state index contributed by atoms with van der Waals surface area (Å²) in [7, 11) is -3.70. The molecule has 2 N–H and O–H groups in total. The molecule has 0 spiro atoms. The Balaban J connectivity index is 2.16. The largest absolute Gasteiger partial charge is 0.268 e. The molecule has 8 heteroatoms. The molecule has 6 nitrogen and oxygen atoms in total. The normalized spacial score (nSPS) is 12.0. The van der Waals surface area contributed by atoms with Crippen LogP contribution >= 0.6 is 11.6 Å². The number of aromatic nitrogens is 2. The highest BCUT2D eigenvalue weighted by molar-refractivity contribution is 7.92. The first-order valence-corrected chi connectivity index (χ1v) is 8.69. The molecule has 2 aromatic rings. The van der Waals surface area contributed by atoms with Crippen LogP contribution in [0.25, 0.3) is 6.08 Å². The van der Waals surface area contributed by atoms with Crippen molar-refractivity contribution in [1.82, 2.24) is 14.9 Å². The number of nitrogens with one attached hydrogen (secondary N) is 2. The minimum absolute atomic E-state index is 0.111. The van der Waals surface area contributed by atoms with Gasteiger partial charge in [-0.2, -0.15) is 5.10 Å². The van der Waals surface area contributed by atoms with Gasteiger partial charge in [0.1, 0.15) is 0 Å². The number of benzene rings is 1. The van der Waals surface area contributed by atoms with Crippen LogP contribution in [-0.2, 0) is 16.6 Å². The maximum absolute atomic E-state index is 12.0. The number of sulfonamides is 1. The molecule has 0 bridgehead atoms. The third-order valence-electron chi connectivity index (χ3n) is 3.38. The Morgan fingerprint density at radius 2 is 2.00 bits per heavy atom. The Bertz CT molecular complexity index is 904. The number of hydrogen-bond donors (Lipinski definition) is 2. The molecule has 2 rings (SSSR count). The monoisotopic (exact) mass is 353 g/mol. The zero-order valence-electron chi connectivity index (χ0n) is 12.6.